The summed E-state index contributed by atoms with van der Waals surface area (Å²) in [5, 5.41) is 119. The first kappa shape index (κ1) is 36.3. The van der Waals surface area contributed by atoms with Crippen LogP contribution in [0.3, 0.4) is 0 Å². The molecule has 266 valence electrons. The van der Waals surface area contributed by atoms with Crippen molar-refractivity contribution in [3.8, 4) is 69.0 Å². The Labute approximate surface area is 282 Å². The Morgan fingerprint density at radius 2 is 0.780 bits per heavy atom. The lowest BCUT2D eigenvalue weighted by molar-refractivity contribution is 0.0361. The van der Waals surface area contributed by atoms with E-state index in [1.165, 1.54) is 24.3 Å². The number of phenolic OH excluding ortho intramolecular Hbond substituents is 12. The predicted molar refractivity (Wildman–Crippen MR) is 170 cm³/mol. The molecule has 0 aliphatic heterocycles. The van der Waals surface area contributed by atoms with Crippen molar-refractivity contribution in [2.75, 3.05) is 13.2 Å². The van der Waals surface area contributed by atoms with E-state index in [0.29, 0.717) is 5.56 Å². The Kier molecular flexibility index (Phi) is 11.0. The molecule has 0 spiro atoms. The number of phenols is 12. The standard InChI is InChI=1S/C34H34O16/c35-21-6-15(7-22(36)29(21)43)4-17(2-1-3-49-33(47)18-10-25(39)31(45)26(40)11-18)20(5-16-8-23(37)30(44)24(38)9-16)14-50-34(48)19-12-27(41)32(46)28(42)13-19/h6-13,17,20,35-46H,1-5,14H2/t17-,20+/m0/s1. The predicted octanol–water partition coefficient (Wildman–Crippen LogP) is 3.67. The molecule has 4 aromatic rings. The van der Waals surface area contributed by atoms with Crippen LogP contribution in [0, 0.1) is 11.8 Å². The zero-order valence-electron chi connectivity index (χ0n) is 26.0. The topological polar surface area (TPSA) is 295 Å². The number of hydrogen-bond donors (Lipinski definition) is 12. The molecule has 4 rings (SSSR count). The Morgan fingerprint density at radius 1 is 0.460 bits per heavy atom. The molecule has 0 aliphatic carbocycles. The Bertz CT molecular complexity index is 1810. The van der Waals surface area contributed by atoms with E-state index >= 15 is 0 Å². The zero-order chi connectivity index (χ0) is 36.9. The molecule has 0 saturated heterocycles. The summed E-state index contributed by atoms with van der Waals surface area (Å²) in [7, 11) is 0. The lowest BCUT2D eigenvalue weighted by Crippen LogP contribution is -2.26. The van der Waals surface area contributed by atoms with Crippen molar-refractivity contribution in [1.29, 1.82) is 0 Å². The number of rotatable bonds is 13. The Hall–Kier alpha value is -6.58. The summed E-state index contributed by atoms with van der Waals surface area (Å²) in [6.07, 6.45) is 0.320. The second-order valence-electron chi connectivity index (χ2n) is 11.5. The van der Waals surface area contributed by atoms with Crippen molar-refractivity contribution < 1.29 is 80.3 Å². The second-order valence-corrected chi connectivity index (χ2v) is 11.5. The van der Waals surface area contributed by atoms with Crippen LogP contribution in [0.25, 0.3) is 0 Å². The van der Waals surface area contributed by atoms with Gasteiger partial charge in [0.1, 0.15) is 0 Å². The Morgan fingerprint density at radius 3 is 1.16 bits per heavy atom. The van der Waals surface area contributed by atoms with Crippen LogP contribution in [-0.4, -0.2) is 86.4 Å². The minimum absolute atomic E-state index is 0.0344. The molecular formula is C34H34O16. The van der Waals surface area contributed by atoms with Crippen molar-refractivity contribution in [3.63, 3.8) is 0 Å². The molecule has 12 N–H and O–H groups in total. The molecule has 4 aromatic carbocycles. The van der Waals surface area contributed by atoms with Gasteiger partial charge >= 0.3 is 11.9 Å². The molecule has 0 amide bonds. The quantitative estimate of drug-likeness (QED) is 0.0538. The normalized spacial score (nSPS) is 12.2. The molecule has 2 atom stereocenters. The van der Waals surface area contributed by atoms with Crippen LogP contribution in [0.4, 0.5) is 0 Å². The van der Waals surface area contributed by atoms with Gasteiger partial charge in [0.25, 0.3) is 0 Å². The molecule has 50 heavy (non-hydrogen) atoms. The van der Waals surface area contributed by atoms with Gasteiger partial charge in [0.2, 0.25) is 0 Å². The summed E-state index contributed by atoms with van der Waals surface area (Å²) in [6, 6.07) is 8.23. The number of carbonyl (C=O) groups is 2. The highest BCUT2D eigenvalue weighted by molar-refractivity contribution is 5.91. The van der Waals surface area contributed by atoms with Crippen molar-refractivity contribution in [3.05, 3.63) is 70.8 Å². The lowest BCUT2D eigenvalue weighted by atomic mass is 9.80. The maximum atomic E-state index is 13.0. The molecule has 0 aliphatic rings. The van der Waals surface area contributed by atoms with E-state index in [2.05, 4.69) is 0 Å². The lowest BCUT2D eigenvalue weighted by Gasteiger charge is -2.28. The van der Waals surface area contributed by atoms with E-state index in [4.69, 9.17) is 9.47 Å². The van der Waals surface area contributed by atoms with Crippen LogP contribution in [0.15, 0.2) is 48.5 Å². The third-order valence-electron chi connectivity index (χ3n) is 7.91. The van der Waals surface area contributed by atoms with Crippen LogP contribution in [-0.2, 0) is 22.3 Å². The molecule has 0 fully saturated rings. The average Bonchev–Trinajstić information content (AvgIpc) is 3.06. The van der Waals surface area contributed by atoms with Gasteiger partial charge < -0.3 is 70.8 Å². The van der Waals surface area contributed by atoms with Gasteiger partial charge in [-0.05, 0) is 91.3 Å². The fraction of sp³-hybridized carbons (Fsp3) is 0.235. The van der Waals surface area contributed by atoms with E-state index in [-0.39, 0.29) is 49.0 Å². The number of hydrogen-bond acceptors (Lipinski definition) is 16. The molecular weight excluding hydrogens is 664 g/mol. The highest BCUT2D eigenvalue weighted by atomic mass is 16.5. The first-order valence-corrected chi connectivity index (χ1v) is 14.9. The van der Waals surface area contributed by atoms with Gasteiger partial charge in [-0.2, -0.15) is 0 Å². The van der Waals surface area contributed by atoms with Crippen LogP contribution in [0.1, 0.15) is 44.7 Å². The van der Waals surface area contributed by atoms with Gasteiger partial charge in [0.05, 0.1) is 24.3 Å². The van der Waals surface area contributed by atoms with Crippen molar-refractivity contribution >= 4 is 11.9 Å². The van der Waals surface area contributed by atoms with E-state index in [1.807, 2.05) is 0 Å². The molecule has 16 nitrogen and oxygen atoms in total. The van der Waals surface area contributed by atoms with E-state index in [1.54, 1.807) is 0 Å². The highest BCUT2D eigenvalue weighted by Crippen LogP contribution is 2.40. The van der Waals surface area contributed by atoms with E-state index in [0.717, 1.165) is 24.3 Å². The number of benzene rings is 4. The van der Waals surface area contributed by atoms with Gasteiger partial charge in [-0.15, -0.1) is 0 Å². The highest BCUT2D eigenvalue weighted by Gasteiger charge is 2.27. The second kappa shape index (κ2) is 15.1. The maximum absolute atomic E-state index is 13.0. The van der Waals surface area contributed by atoms with Crippen LogP contribution >= 0.6 is 0 Å². The Balaban J connectivity index is 1.62. The van der Waals surface area contributed by atoms with Crippen LogP contribution < -0.4 is 0 Å². The zero-order valence-corrected chi connectivity index (χ0v) is 26.0. The van der Waals surface area contributed by atoms with Crippen LogP contribution in [0.2, 0.25) is 0 Å². The fourth-order valence-electron chi connectivity index (χ4n) is 5.33. The molecule has 0 bridgehead atoms. The third-order valence-corrected chi connectivity index (χ3v) is 7.91. The number of ether oxygens (including phenoxy) is 2. The van der Waals surface area contributed by atoms with Crippen molar-refractivity contribution in [1.82, 2.24) is 0 Å². The smallest absolute Gasteiger partial charge is 0.338 e. The third kappa shape index (κ3) is 8.46. The summed E-state index contributed by atoms with van der Waals surface area (Å²) in [4.78, 5) is 25.5. The largest absolute Gasteiger partial charge is 0.504 e. The first-order chi connectivity index (χ1) is 23.5. The van der Waals surface area contributed by atoms with Gasteiger partial charge in [-0.1, -0.05) is 0 Å². The van der Waals surface area contributed by atoms with Crippen LogP contribution in [0.5, 0.6) is 69.0 Å². The molecule has 0 saturated carbocycles. The molecule has 16 heteroatoms. The van der Waals surface area contributed by atoms with E-state index in [9.17, 15) is 70.9 Å². The summed E-state index contributed by atoms with van der Waals surface area (Å²) < 4.78 is 10.8. The van der Waals surface area contributed by atoms with Crippen molar-refractivity contribution in [2.45, 2.75) is 25.7 Å². The van der Waals surface area contributed by atoms with E-state index < -0.39 is 99.4 Å². The summed E-state index contributed by atoms with van der Waals surface area (Å²) in [5.74, 6) is -12.1. The average molecular weight is 699 g/mol. The minimum atomic E-state index is -1.02. The monoisotopic (exact) mass is 698 g/mol. The van der Waals surface area contributed by atoms with Gasteiger partial charge in [-0.25, -0.2) is 9.59 Å². The number of aromatic hydroxyl groups is 12. The maximum Gasteiger partial charge on any atom is 0.338 e. The fourth-order valence-corrected chi connectivity index (χ4v) is 5.33. The van der Waals surface area contributed by atoms with Gasteiger partial charge in [0.15, 0.2) is 69.0 Å². The van der Waals surface area contributed by atoms with Gasteiger partial charge in [-0.3, -0.25) is 0 Å². The SMILES string of the molecule is O=C(OCCC[C@@H](Cc1cc(O)c(O)c(O)c1)[C@@H](COC(=O)c1cc(O)c(O)c(O)c1)Cc1cc(O)c(O)c(O)c1)c1cc(O)c(O)c(O)c1. The molecule has 0 unspecified atom stereocenters. The summed E-state index contributed by atoms with van der Waals surface area (Å²) in [5.41, 5.74) is 0.0153. The minimum Gasteiger partial charge on any atom is -0.504 e. The van der Waals surface area contributed by atoms with Crippen molar-refractivity contribution in [2.24, 2.45) is 11.8 Å². The number of carbonyl (C=O) groups excluding carboxylic acids is 2. The summed E-state index contributed by atoms with van der Waals surface area (Å²) in [6.45, 7) is -0.612. The summed E-state index contributed by atoms with van der Waals surface area (Å²) >= 11 is 0. The van der Waals surface area contributed by atoms with Gasteiger partial charge in [0, 0.05) is 5.92 Å². The molecule has 0 heterocycles. The molecule has 0 radical (unpaired) electrons. The molecule has 0 aromatic heterocycles. The number of esters is 2. The first-order valence-electron chi connectivity index (χ1n) is 14.9.